The Hall–Kier alpha value is -2.09. The largest absolute Gasteiger partial charge is 0.479 e. The van der Waals surface area contributed by atoms with Gasteiger partial charge in [-0.15, -0.1) is 0 Å². The van der Waals surface area contributed by atoms with Crippen molar-refractivity contribution in [3.8, 4) is 5.75 Å². The lowest BCUT2D eigenvalue weighted by Gasteiger charge is -2.23. The molecule has 3 rings (SSSR count). The maximum atomic E-state index is 12.0. The number of benzene rings is 1. The first kappa shape index (κ1) is 15.8. The van der Waals surface area contributed by atoms with Crippen molar-refractivity contribution < 1.29 is 22.7 Å². The molecule has 0 aromatic heterocycles. The summed E-state index contributed by atoms with van der Waals surface area (Å²) in [5.41, 5.74) is 1.04. The molecule has 124 valence electrons. The maximum Gasteiger partial charge on any atom is 0.265 e. The van der Waals surface area contributed by atoms with Crippen molar-refractivity contribution in [1.29, 1.82) is 0 Å². The Kier molecular flexibility index (Phi) is 4.01. The van der Waals surface area contributed by atoms with Gasteiger partial charge in [0.15, 0.2) is 15.9 Å². The van der Waals surface area contributed by atoms with E-state index < -0.39 is 15.9 Å². The Morgan fingerprint density at radius 2 is 2.22 bits per heavy atom. The summed E-state index contributed by atoms with van der Waals surface area (Å²) in [6, 6.07) is 5.00. The number of anilines is 2. The SMILES string of the molecule is C[C@@H]1Oc2ccc(NC(=O)C[C@H]3CCS(=O)(=O)C3)cc2NC1=O. The number of sulfone groups is 1. The number of carbonyl (C=O) groups excluding carboxylic acids is 2. The molecular formula is C15H18N2O5S. The zero-order valence-corrected chi connectivity index (χ0v) is 13.5. The predicted octanol–water partition coefficient (Wildman–Crippen LogP) is 1.17. The average Bonchev–Trinajstić information content (AvgIpc) is 2.79. The first-order valence-corrected chi connectivity index (χ1v) is 9.26. The summed E-state index contributed by atoms with van der Waals surface area (Å²) < 4.78 is 28.3. The molecule has 0 aliphatic carbocycles. The van der Waals surface area contributed by atoms with Gasteiger partial charge in [-0.3, -0.25) is 9.59 Å². The standard InChI is InChI=1S/C15H18N2O5S/c1-9-15(19)17-12-7-11(2-3-13(12)22-9)16-14(18)6-10-4-5-23(20,21)8-10/h2-3,7,9-10H,4-6,8H2,1H3,(H,16,18)(H,17,19)/t9-,10+/m0/s1. The molecule has 1 saturated heterocycles. The van der Waals surface area contributed by atoms with E-state index >= 15 is 0 Å². The quantitative estimate of drug-likeness (QED) is 0.861. The molecule has 7 nitrogen and oxygen atoms in total. The fraction of sp³-hybridized carbons (Fsp3) is 0.467. The van der Waals surface area contributed by atoms with Crippen LogP contribution in [0.2, 0.25) is 0 Å². The fourth-order valence-electron chi connectivity index (χ4n) is 2.79. The summed E-state index contributed by atoms with van der Waals surface area (Å²) in [6.07, 6.45) is 0.157. The van der Waals surface area contributed by atoms with Gasteiger partial charge in [-0.05, 0) is 37.5 Å². The summed E-state index contributed by atoms with van der Waals surface area (Å²) in [6.45, 7) is 1.66. The van der Waals surface area contributed by atoms with Crippen LogP contribution in [0.3, 0.4) is 0 Å². The Morgan fingerprint density at radius 3 is 2.91 bits per heavy atom. The fourth-order valence-corrected chi connectivity index (χ4v) is 4.66. The van der Waals surface area contributed by atoms with E-state index in [0.29, 0.717) is 23.5 Å². The molecule has 1 fully saturated rings. The molecule has 2 atom stereocenters. The van der Waals surface area contributed by atoms with Crippen molar-refractivity contribution in [2.24, 2.45) is 5.92 Å². The molecule has 2 heterocycles. The minimum absolute atomic E-state index is 0.0758. The molecule has 8 heteroatoms. The molecule has 2 amide bonds. The third kappa shape index (κ3) is 3.64. The smallest absolute Gasteiger partial charge is 0.265 e. The van der Waals surface area contributed by atoms with Gasteiger partial charge in [-0.1, -0.05) is 0 Å². The van der Waals surface area contributed by atoms with Crippen molar-refractivity contribution in [3.63, 3.8) is 0 Å². The Bertz CT molecular complexity index is 759. The lowest BCUT2D eigenvalue weighted by Crippen LogP contribution is -2.34. The number of nitrogens with one attached hydrogen (secondary N) is 2. The number of hydrogen-bond donors (Lipinski definition) is 2. The lowest BCUT2D eigenvalue weighted by atomic mass is 10.0. The second-order valence-corrected chi connectivity index (χ2v) is 8.21. The predicted molar refractivity (Wildman–Crippen MR) is 85.2 cm³/mol. The van der Waals surface area contributed by atoms with Crippen molar-refractivity contribution >= 4 is 33.0 Å². The number of fused-ring (bicyclic) bond motifs is 1. The lowest BCUT2D eigenvalue weighted by molar-refractivity contribution is -0.122. The van der Waals surface area contributed by atoms with E-state index in [-0.39, 0.29) is 35.7 Å². The molecule has 0 saturated carbocycles. The third-order valence-corrected chi connectivity index (χ3v) is 5.83. The van der Waals surface area contributed by atoms with Gasteiger partial charge in [0, 0.05) is 12.1 Å². The van der Waals surface area contributed by atoms with Gasteiger partial charge >= 0.3 is 0 Å². The molecule has 0 spiro atoms. The van der Waals surface area contributed by atoms with Crippen LogP contribution in [0.25, 0.3) is 0 Å². The average molecular weight is 338 g/mol. The summed E-state index contributed by atoms with van der Waals surface area (Å²) in [5, 5.41) is 5.44. The zero-order chi connectivity index (χ0) is 16.6. The van der Waals surface area contributed by atoms with Crippen LogP contribution in [0.4, 0.5) is 11.4 Å². The number of amides is 2. The highest BCUT2D eigenvalue weighted by Gasteiger charge is 2.29. The maximum absolute atomic E-state index is 12.0. The van der Waals surface area contributed by atoms with Crippen molar-refractivity contribution in [2.45, 2.75) is 25.9 Å². The molecule has 0 bridgehead atoms. The molecule has 0 radical (unpaired) electrons. The number of hydrogen-bond acceptors (Lipinski definition) is 5. The molecule has 2 N–H and O–H groups in total. The highest BCUT2D eigenvalue weighted by atomic mass is 32.2. The highest BCUT2D eigenvalue weighted by molar-refractivity contribution is 7.91. The zero-order valence-electron chi connectivity index (χ0n) is 12.7. The molecular weight excluding hydrogens is 320 g/mol. The molecule has 1 aromatic carbocycles. The molecule has 1 aromatic rings. The van der Waals surface area contributed by atoms with E-state index in [1.54, 1.807) is 25.1 Å². The van der Waals surface area contributed by atoms with Crippen molar-refractivity contribution in [1.82, 2.24) is 0 Å². The molecule has 2 aliphatic rings. The van der Waals surface area contributed by atoms with Crippen LogP contribution < -0.4 is 15.4 Å². The van der Waals surface area contributed by atoms with E-state index in [1.165, 1.54) is 0 Å². The van der Waals surface area contributed by atoms with Crippen LogP contribution in [0, 0.1) is 5.92 Å². The van der Waals surface area contributed by atoms with Gasteiger partial charge < -0.3 is 15.4 Å². The van der Waals surface area contributed by atoms with Gasteiger partial charge in [0.1, 0.15) is 5.75 Å². The molecule has 23 heavy (non-hydrogen) atoms. The van der Waals surface area contributed by atoms with Crippen LogP contribution in [-0.4, -0.2) is 37.8 Å². The Morgan fingerprint density at radius 1 is 1.43 bits per heavy atom. The second-order valence-electron chi connectivity index (χ2n) is 5.98. The first-order chi connectivity index (χ1) is 10.8. The summed E-state index contributed by atoms with van der Waals surface area (Å²) in [4.78, 5) is 23.6. The normalized spacial score (nSPS) is 25.2. The van der Waals surface area contributed by atoms with Gasteiger partial charge in [-0.25, -0.2) is 8.42 Å². The van der Waals surface area contributed by atoms with E-state index in [4.69, 9.17) is 4.74 Å². The van der Waals surface area contributed by atoms with Crippen LogP contribution in [0.5, 0.6) is 5.75 Å². The number of rotatable bonds is 3. The summed E-state index contributed by atoms with van der Waals surface area (Å²) in [5.74, 6) is 0.191. The van der Waals surface area contributed by atoms with Crippen LogP contribution >= 0.6 is 0 Å². The second kappa shape index (κ2) is 5.84. The third-order valence-electron chi connectivity index (χ3n) is 3.99. The van der Waals surface area contributed by atoms with Gasteiger partial charge in [0.05, 0.1) is 17.2 Å². The van der Waals surface area contributed by atoms with E-state index in [2.05, 4.69) is 10.6 Å². The summed E-state index contributed by atoms with van der Waals surface area (Å²) >= 11 is 0. The van der Waals surface area contributed by atoms with Crippen molar-refractivity contribution in [2.75, 3.05) is 22.1 Å². The topological polar surface area (TPSA) is 102 Å². The van der Waals surface area contributed by atoms with Gasteiger partial charge in [0.2, 0.25) is 5.91 Å². The van der Waals surface area contributed by atoms with Crippen LogP contribution in [-0.2, 0) is 19.4 Å². The Balaban J connectivity index is 1.63. The highest BCUT2D eigenvalue weighted by Crippen LogP contribution is 2.32. The van der Waals surface area contributed by atoms with Crippen LogP contribution in [0.15, 0.2) is 18.2 Å². The van der Waals surface area contributed by atoms with Crippen LogP contribution in [0.1, 0.15) is 19.8 Å². The minimum atomic E-state index is -2.98. The van der Waals surface area contributed by atoms with E-state index in [1.807, 2.05) is 0 Å². The van der Waals surface area contributed by atoms with Gasteiger partial charge in [-0.2, -0.15) is 0 Å². The van der Waals surface area contributed by atoms with E-state index in [0.717, 1.165) is 0 Å². The first-order valence-electron chi connectivity index (χ1n) is 7.44. The van der Waals surface area contributed by atoms with E-state index in [9.17, 15) is 18.0 Å². The monoisotopic (exact) mass is 338 g/mol. The minimum Gasteiger partial charge on any atom is -0.479 e. The summed E-state index contributed by atoms with van der Waals surface area (Å²) in [7, 11) is -2.98. The Labute approximate surface area is 134 Å². The number of ether oxygens (including phenoxy) is 1. The molecule has 2 aliphatic heterocycles. The van der Waals surface area contributed by atoms with Crippen molar-refractivity contribution in [3.05, 3.63) is 18.2 Å². The van der Waals surface area contributed by atoms with Gasteiger partial charge in [0.25, 0.3) is 5.91 Å². The molecule has 0 unspecified atom stereocenters. The number of carbonyl (C=O) groups is 2.